The molecule has 0 spiro atoms. The molecular formula is C10H9N5. The Bertz CT molecular complexity index is 535. The zero-order valence-corrected chi connectivity index (χ0v) is 8.18. The van der Waals surface area contributed by atoms with E-state index < -0.39 is 0 Å². The highest BCUT2D eigenvalue weighted by molar-refractivity contribution is 5.62. The van der Waals surface area contributed by atoms with Gasteiger partial charge in [-0.25, -0.2) is 9.67 Å². The van der Waals surface area contributed by atoms with Gasteiger partial charge in [0.25, 0.3) is 0 Å². The van der Waals surface area contributed by atoms with Gasteiger partial charge in [0, 0.05) is 12.4 Å². The van der Waals surface area contributed by atoms with Crippen molar-refractivity contribution in [3.63, 3.8) is 0 Å². The van der Waals surface area contributed by atoms with Gasteiger partial charge in [-0.15, -0.1) is 0 Å². The van der Waals surface area contributed by atoms with E-state index in [9.17, 15) is 0 Å². The number of hydrogen-bond acceptors (Lipinski definition) is 4. The summed E-state index contributed by atoms with van der Waals surface area (Å²) in [5.74, 6) is 0.488. The van der Waals surface area contributed by atoms with Crippen LogP contribution in [0.2, 0.25) is 0 Å². The van der Waals surface area contributed by atoms with Crippen LogP contribution in [-0.4, -0.2) is 14.8 Å². The molecule has 2 aromatic heterocycles. The second kappa shape index (κ2) is 3.42. The van der Waals surface area contributed by atoms with E-state index >= 15 is 0 Å². The molecule has 0 amide bonds. The van der Waals surface area contributed by atoms with Gasteiger partial charge >= 0.3 is 0 Å². The molecule has 5 heteroatoms. The van der Waals surface area contributed by atoms with Crippen molar-refractivity contribution in [1.82, 2.24) is 14.8 Å². The smallest absolute Gasteiger partial charge is 0.177 e. The molecule has 0 fully saturated rings. The molecule has 0 aliphatic heterocycles. The van der Waals surface area contributed by atoms with E-state index in [2.05, 4.69) is 10.1 Å². The Morgan fingerprint density at radius 2 is 2.27 bits per heavy atom. The SMILES string of the molecule is Cc1ccn(-c2nccc(C#N)c2N)n1. The van der Waals surface area contributed by atoms with Gasteiger partial charge < -0.3 is 5.73 Å². The van der Waals surface area contributed by atoms with Crippen LogP contribution >= 0.6 is 0 Å². The fraction of sp³-hybridized carbons (Fsp3) is 0.100. The molecule has 0 aliphatic carbocycles. The molecule has 0 radical (unpaired) electrons. The highest BCUT2D eigenvalue weighted by Gasteiger charge is 2.08. The first-order chi connectivity index (χ1) is 7.22. The Balaban J connectivity index is 2.59. The van der Waals surface area contributed by atoms with Crippen LogP contribution < -0.4 is 5.73 Å². The van der Waals surface area contributed by atoms with E-state index in [0.717, 1.165) is 5.69 Å². The van der Waals surface area contributed by atoms with Crippen LogP contribution in [0.1, 0.15) is 11.3 Å². The molecule has 2 N–H and O–H groups in total. The van der Waals surface area contributed by atoms with Crippen LogP contribution in [0.25, 0.3) is 5.82 Å². The molecule has 5 nitrogen and oxygen atoms in total. The molecule has 2 heterocycles. The van der Waals surface area contributed by atoms with Gasteiger partial charge in [0.1, 0.15) is 6.07 Å². The first kappa shape index (κ1) is 9.21. The summed E-state index contributed by atoms with van der Waals surface area (Å²) in [6.45, 7) is 1.88. The molecule has 0 saturated carbocycles. The third-order valence-electron chi connectivity index (χ3n) is 2.03. The number of anilines is 1. The van der Waals surface area contributed by atoms with Gasteiger partial charge in [-0.3, -0.25) is 0 Å². The lowest BCUT2D eigenvalue weighted by Gasteiger charge is -2.04. The second-order valence-electron chi connectivity index (χ2n) is 3.11. The molecule has 2 rings (SSSR count). The summed E-state index contributed by atoms with van der Waals surface area (Å²) >= 11 is 0. The van der Waals surface area contributed by atoms with E-state index in [1.807, 2.05) is 19.1 Å². The van der Waals surface area contributed by atoms with Crippen molar-refractivity contribution < 1.29 is 0 Å². The Kier molecular flexibility index (Phi) is 2.10. The van der Waals surface area contributed by atoms with E-state index in [1.165, 1.54) is 0 Å². The van der Waals surface area contributed by atoms with Crippen LogP contribution in [-0.2, 0) is 0 Å². The molecule has 0 atom stereocenters. The van der Waals surface area contributed by atoms with Crippen molar-refractivity contribution in [3.8, 4) is 11.9 Å². The highest BCUT2D eigenvalue weighted by atomic mass is 15.3. The Morgan fingerprint density at radius 1 is 1.47 bits per heavy atom. The molecule has 0 aromatic carbocycles. The predicted octanol–water partition coefficient (Wildman–Crippen LogP) is 1.03. The van der Waals surface area contributed by atoms with Crippen molar-refractivity contribution in [2.45, 2.75) is 6.92 Å². The summed E-state index contributed by atoms with van der Waals surface area (Å²) in [5, 5.41) is 13.0. The van der Waals surface area contributed by atoms with E-state index in [-0.39, 0.29) is 0 Å². The third-order valence-corrected chi connectivity index (χ3v) is 2.03. The zero-order valence-electron chi connectivity index (χ0n) is 8.18. The number of aromatic nitrogens is 3. The maximum atomic E-state index is 8.81. The maximum absolute atomic E-state index is 8.81. The molecule has 0 aliphatic rings. The number of nitrogen functional groups attached to an aromatic ring is 1. The topological polar surface area (TPSA) is 80.5 Å². The summed E-state index contributed by atoms with van der Waals surface area (Å²) in [7, 11) is 0. The van der Waals surface area contributed by atoms with Crippen molar-refractivity contribution >= 4 is 5.69 Å². The number of aryl methyl sites for hydroxylation is 1. The predicted molar refractivity (Wildman–Crippen MR) is 55.2 cm³/mol. The van der Waals surface area contributed by atoms with Crippen LogP contribution in [0.3, 0.4) is 0 Å². The summed E-state index contributed by atoms with van der Waals surface area (Å²) in [5.41, 5.74) is 7.42. The largest absolute Gasteiger partial charge is 0.395 e. The Morgan fingerprint density at radius 3 is 2.87 bits per heavy atom. The molecule has 2 aromatic rings. The fourth-order valence-corrected chi connectivity index (χ4v) is 1.28. The number of rotatable bonds is 1. The van der Waals surface area contributed by atoms with Crippen LogP contribution in [0.15, 0.2) is 24.5 Å². The first-order valence-corrected chi connectivity index (χ1v) is 4.39. The number of hydrogen-bond donors (Lipinski definition) is 1. The quantitative estimate of drug-likeness (QED) is 0.743. The summed E-state index contributed by atoms with van der Waals surface area (Å²) < 4.78 is 1.56. The Hall–Kier alpha value is -2.35. The van der Waals surface area contributed by atoms with Crippen molar-refractivity contribution in [3.05, 3.63) is 35.8 Å². The van der Waals surface area contributed by atoms with E-state index in [1.54, 1.807) is 23.1 Å². The van der Waals surface area contributed by atoms with Crippen molar-refractivity contribution in [1.29, 1.82) is 5.26 Å². The Labute approximate surface area is 86.8 Å². The monoisotopic (exact) mass is 199 g/mol. The molecule has 0 saturated heterocycles. The summed E-state index contributed by atoms with van der Waals surface area (Å²) in [6.07, 6.45) is 3.30. The van der Waals surface area contributed by atoms with Crippen LogP contribution in [0.5, 0.6) is 0 Å². The van der Waals surface area contributed by atoms with Gasteiger partial charge in [0.2, 0.25) is 0 Å². The average Bonchev–Trinajstić information content (AvgIpc) is 2.65. The molecular weight excluding hydrogens is 190 g/mol. The fourth-order valence-electron chi connectivity index (χ4n) is 1.28. The number of nitrogens with two attached hydrogens (primary N) is 1. The standard InChI is InChI=1S/C10H9N5/c1-7-3-5-15(14-7)10-9(12)8(6-11)2-4-13-10/h2-5H,12H2,1H3. The second-order valence-corrected chi connectivity index (χ2v) is 3.11. The molecule has 74 valence electrons. The van der Waals surface area contributed by atoms with Crippen LogP contribution in [0.4, 0.5) is 5.69 Å². The number of nitrogens with zero attached hydrogens (tertiary/aromatic N) is 4. The average molecular weight is 199 g/mol. The number of pyridine rings is 1. The van der Waals surface area contributed by atoms with E-state index in [0.29, 0.717) is 17.1 Å². The van der Waals surface area contributed by atoms with Gasteiger partial charge in [-0.05, 0) is 19.1 Å². The minimum absolute atomic E-state index is 0.350. The lowest BCUT2D eigenvalue weighted by atomic mass is 10.2. The summed E-state index contributed by atoms with van der Waals surface area (Å²) in [4.78, 5) is 4.09. The van der Waals surface area contributed by atoms with Gasteiger partial charge in [-0.1, -0.05) is 0 Å². The minimum atomic E-state index is 0.350. The lowest BCUT2D eigenvalue weighted by molar-refractivity contribution is 0.834. The van der Waals surface area contributed by atoms with Gasteiger partial charge in [-0.2, -0.15) is 10.4 Å². The highest BCUT2D eigenvalue weighted by Crippen LogP contribution is 2.17. The van der Waals surface area contributed by atoms with Crippen LogP contribution in [0, 0.1) is 18.3 Å². The van der Waals surface area contributed by atoms with E-state index in [4.69, 9.17) is 11.0 Å². The molecule has 15 heavy (non-hydrogen) atoms. The maximum Gasteiger partial charge on any atom is 0.177 e. The first-order valence-electron chi connectivity index (χ1n) is 4.39. The van der Waals surface area contributed by atoms with Gasteiger partial charge in [0.05, 0.1) is 16.9 Å². The van der Waals surface area contributed by atoms with Crippen molar-refractivity contribution in [2.24, 2.45) is 0 Å². The third kappa shape index (κ3) is 1.53. The van der Waals surface area contributed by atoms with Crippen molar-refractivity contribution in [2.75, 3.05) is 5.73 Å². The zero-order chi connectivity index (χ0) is 10.8. The molecule has 0 bridgehead atoms. The lowest BCUT2D eigenvalue weighted by Crippen LogP contribution is -2.05. The molecule has 0 unspecified atom stereocenters. The summed E-state index contributed by atoms with van der Waals surface area (Å²) in [6, 6.07) is 5.43. The normalized spacial score (nSPS) is 9.87. The number of nitriles is 1. The van der Waals surface area contributed by atoms with Gasteiger partial charge in [0.15, 0.2) is 5.82 Å². The minimum Gasteiger partial charge on any atom is -0.395 e.